The number of primary amides is 1. The molecule has 0 unspecified atom stereocenters. The Morgan fingerprint density at radius 2 is 2.00 bits per heavy atom. The van der Waals surface area contributed by atoms with Gasteiger partial charge in [-0.2, -0.15) is 0 Å². The van der Waals surface area contributed by atoms with Gasteiger partial charge in [0.25, 0.3) is 5.91 Å². The van der Waals surface area contributed by atoms with Crippen LogP contribution in [-0.2, 0) is 0 Å². The van der Waals surface area contributed by atoms with Gasteiger partial charge in [-0.1, -0.05) is 17.7 Å². The molecule has 0 atom stereocenters. The lowest BCUT2D eigenvalue weighted by Gasteiger charge is -2.30. The zero-order chi connectivity index (χ0) is 24.4. The molecule has 8 nitrogen and oxygen atoms in total. The van der Waals surface area contributed by atoms with Gasteiger partial charge in [-0.25, -0.2) is 14.8 Å². The standard InChI is InChI=1S/C25H29ClN6O2S/c26-19-14-29-25(28-10-2-3-15-8-11-32(12-9-15)24(27)34)31-22(19)21-13-18-17(4-1-5-20(18)35-21)23(33)30-16-6-7-16/h1,4-5,13-16H,2-3,6-12H2,(H2,27,34)(H,30,33)(H,28,29,31). The molecule has 3 amide bonds. The molecule has 1 saturated heterocycles. The topological polar surface area (TPSA) is 113 Å². The van der Waals surface area contributed by atoms with E-state index in [0.717, 1.165) is 73.1 Å². The fraction of sp³-hybridized carbons (Fsp3) is 0.440. The van der Waals surface area contributed by atoms with Crippen molar-refractivity contribution in [2.75, 3.05) is 25.0 Å². The molecular formula is C25H29ClN6O2S. The summed E-state index contributed by atoms with van der Waals surface area (Å²) in [6.45, 7) is 2.25. The molecule has 35 heavy (non-hydrogen) atoms. The molecule has 1 aliphatic heterocycles. The van der Waals surface area contributed by atoms with E-state index >= 15 is 0 Å². The van der Waals surface area contributed by atoms with Crippen LogP contribution >= 0.6 is 22.9 Å². The Hall–Kier alpha value is -2.91. The Labute approximate surface area is 213 Å². The van der Waals surface area contributed by atoms with Crippen LogP contribution in [0.15, 0.2) is 30.5 Å². The van der Waals surface area contributed by atoms with Crippen molar-refractivity contribution in [2.45, 2.75) is 44.6 Å². The third-order valence-corrected chi connectivity index (χ3v) is 8.08. The second-order valence-corrected chi connectivity index (χ2v) is 10.8. The Morgan fingerprint density at radius 3 is 2.74 bits per heavy atom. The van der Waals surface area contributed by atoms with Crippen LogP contribution in [0.1, 0.15) is 48.9 Å². The number of hydrogen-bond acceptors (Lipinski definition) is 6. The van der Waals surface area contributed by atoms with Gasteiger partial charge in [0, 0.05) is 41.3 Å². The maximum atomic E-state index is 12.7. The first-order valence-corrected chi connectivity index (χ1v) is 13.3. The van der Waals surface area contributed by atoms with Crippen LogP contribution < -0.4 is 16.4 Å². The van der Waals surface area contributed by atoms with E-state index in [9.17, 15) is 9.59 Å². The van der Waals surface area contributed by atoms with Crippen LogP contribution in [0.2, 0.25) is 5.02 Å². The highest BCUT2D eigenvalue weighted by atomic mass is 35.5. The molecule has 1 aliphatic carbocycles. The molecule has 3 aromatic rings. The maximum Gasteiger partial charge on any atom is 0.314 e. The molecular weight excluding hydrogens is 484 g/mol. The van der Waals surface area contributed by atoms with Crippen molar-refractivity contribution >= 4 is 50.9 Å². The number of likely N-dealkylation sites (tertiary alicyclic amines) is 1. The van der Waals surface area contributed by atoms with E-state index in [1.807, 2.05) is 24.3 Å². The number of amides is 3. The minimum atomic E-state index is -0.322. The molecule has 3 heterocycles. The predicted molar refractivity (Wildman–Crippen MR) is 140 cm³/mol. The minimum absolute atomic E-state index is 0.0288. The first-order valence-electron chi connectivity index (χ1n) is 12.1. The summed E-state index contributed by atoms with van der Waals surface area (Å²) < 4.78 is 1.02. The number of carbonyl (C=O) groups is 2. The number of aromatic nitrogens is 2. The number of nitrogens with two attached hydrogens (primary N) is 1. The van der Waals surface area contributed by atoms with E-state index in [1.54, 1.807) is 22.4 Å². The molecule has 10 heteroatoms. The van der Waals surface area contributed by atoms with Crippen molar-refractivity contribution in [3.63, 3.8) is 0 Å². The summed E-state index contributed by atoms with van der Waals surface area (Å²) >= 11 is 8.04. The smallest absolute Gasteiger partial charge is 0.314 e. The average Bonchev–Trinajstić information content (AvgIpc) is 3.56. The van der Waals surface area contributed by atoms with Crippen LogP contribution in [0.25, 0.3) is 20.7 Å². The fourth-order valence-corrected chi connectivity index (χ4v) is 5.86. The first-order chi connectivity index (χ1) is 17.0. The lowest BCUT2D eigenvalue weighted by molar-refractivity contribution is 0.0952. The SMILES string of the molecule is NC(=O)N1CCC(CCCNc2ncc(Cl)c(-c3cc4c(C(=O)NC5CC5)cccc4s3)n2)CC1. The molecule has 0 radical (unpaired) electrons. The summed E-state index contributed by atoms with van der Waals surface area (Å²) in [4.78, 5) is 35.6. The Bertz CT molecular complexity index is 1240. The molecule has 2 aromatic heterocycles. The zero-order valence-corrected chi connectivity index (χ0v) is 21.0. The van der Waals surface area contributed by atoms with Crippen molar-refractivity contribution in [2.24, 2.45) is 11.7 Å². The number of urea groups is 1. The van der Waals surface area contributed by atoms with E-state index < -0.39 is 0 Å². The quantitative estimate of drug-likeness (QED) is 0.372. The van der Waals surface area contributed by atoms with Crippen LogP contribution in [0.5, 0.6) is 0 Å². The summed E-state index contributed by atoms with van der Waals surface area (Å²) in [7, 11) is 0. The van der Waals surface area contributed by atoms with Crippen molar-refractivity contribution in [3.8, 4) is 10.6 Å². The normalized spacial score (nSPS) is 16.4. The summed E-state index contributed by atoms with van der Waals surface area (Å²) in [6, 6.07) is 7.78. The van der Waals surface area contributed by atoms with E-state index in [0.29, 0.717) is 34.2 Å². The maximum absolute atomic E-state index is 12.7. The predicted octanol–water partition coefficient (Wildman–Crippen LogP) is 4.89. The number of carbonyl (C=O) groups excluding carboxylic acids is 2. The number of benzene rings is 1. The molecule has 0 bridgehead atoms. The monoisotopic (exact) mass is 512 g/mol. The van der Waals surface area contributed by atoms with E-state index in [-0.39, 0.29) is 11.9 Å². The number of halogens is 1. The lowest BCUT2D eigenvalue weighted by atomic mass is 9.92. The van der Waals surface area contributed by atoms with Crippen LogP contribution in [0, 0.1) is 5.92 Å². The zero-order valence-electron chi connectivity index (χ0n) is 19.4. The van der Waals surface area contributed by atoms with Gasteiger partial charge in [-0.3, -0.25) is 4.79 Å². The van der Waals surface area contributed by atoms with Crippen molar-refractivity contribution in [1.29, 1.82) is 0 Å². The molecule has 5 rings (SSSR count). The molecule has 1 saturated carbocycles. The number of fused-ring (bicyclic) bond motifs is 1. The third-order valence-electron chi connectivity index (χ3n) is 6.69. The minimum Gasteiger partial charge on any atom is -0.354 e. The van der Waals surface area contributed by atoms with Crippen molar-refractivity contribution in [3.05, 3.63) is 41.0 Å². The number of hydrogen-bond donors (Lipinski definition) is 3. The third kappa shape index (κ3) is 5.67. The second kappa shape index (κ2) is 10.4. The summed E-state index contributed by atoms with van der Waals surface area (Å²) in [5, 5.41) is 7.78. The van der Waals surface area contributed by atoms with E-state index in [1.165, 1.54) is 0 Å². The number of anilines is 1. The highest BCUT2D eigenvalue weighted by Gasteiger charge is 2.25. The molecule has 0 spiro atoms. The highest BCUT2D eigenvalue weighted by molar-refractivity contribution is 7.22. The van der Waals surface area contributed by atoms with Gasteiger partial charge in [0.05, 0.1) is 16.1 Å². The van der Waals surface area contributed by atoms with E-state index in [2.05, 4.69) is 20.6 Å². The van der Waals surface area contributed by atoms with Gasteiger partial charge in [0.1, 0.15) is 5.69 Å². The van der Waals surface area contributed by atoms with Gasteiger partial charge < -0.3 is 21.3 Å². The number of nitrogens with one attached hydrogen (secondary N) is 2. The van der Waals surface area contributed by atoms with Crippen LogP contribution in [0.3, 0.4) is 0 Å². The number of piperidine rings is 1. The van der Waals surface area contributed by atoms with Gasteiger partial charge in [0.15, 0.2) is 0 Å². The molecule has 4 N–H and O–H groups in total. The summed E-state index contributed by atoms with van der Waals surface area (Å²) in [5.41, 5.74) is 6.71. The van der Waals surface area contributed by atoms with Crippen molar-refractivity contribution in [1.82, 2.24) is 20.2 Å². The average molecular weight is 513 g/mol. The van der Waals surface area contributed by atoms with Gasteiger partial charge in [-0.05, 0) is 62.6 Å². The Balaban J connectivity index is 1.22. The van der Waals surface area contributed by atoms with Gasteiger partial charge in [0.2, 0.25) is 5.95 Å². The lowest BCUT2D eigenvalue weighted by Crippen LogP contribution is -2.41. The van der Waals surface area contributed by atoms with Crippen LogP contribution in [0.4, 0.5) is 10.7 Å². The fourth-order valence-electron chi connectivity index (χ4n) is 4.52. The molecule has 1 aromatic carbocycles. The largest absolute Gasteiger partial charge is 0.354 e. The number of nitrogens with zero attached hydrogens (tertiary/aromatic N) is 3. The first kappa shape index (κ1) is 23.8. The summed E-state index contributed by atoms with van der Waals surface area (Å²) in [6.07, 6.45) is 7.80. The van der Waals surface area contributed by atoms with Gasteiger partial charge in [-0.15, -0.1) is 11.3 Å². The van der Waals surface area contributed by atoms with Crippen LogP contribution in [-0.4, -0.2) is 52.5 Å². The number of rotatable bonds is 8. The molecule has 2 aliphatic rings. The number of thiophene rings is 1. The Morgan fingerprint density at radius 1 is 1.20 bits per heavy atom. The summed E-state index contributed by atoms with van der Waals surface area (Å²) in [5.74, 6) is 1.12. The molecule has 2 fully saturated rings. The van der Waals surface area contributed by atoms with Gasteiger partial charge >= 0.3 is 6.03 Å². The second-order valence-electron chi connectivity index (χ2n) is 9.30. The Kier molecular flexibility index (Phi) is 7.06. The highest BCUT2D eigenvalue weighted by Crippen LogP contribution is 2.37. The van der Waals surface area contributed by atoms with Crippen molar-refractivity contribution < 1.29 is 9.59 Å². The molecule has 184 valence electrons. The van der Waals surface area contributed by atoms with E-state index in [4.69, 9.17) is 17.3 Å².